The summed E-state index contributed by atoms with van der Waals surface area (Å²) >= 11 is 0. The Morgan fingerprint density at radius 1 is 0.812 bits per heavy atom. The van der Waals surface area contributed by atoms with E-state index in [1.54, 1.807) is 0 Å². The molecule has 2 aliphatic heterocycles. The molecule has 0 aliphatic carbocycles. The highest BCUT2D eigenvalue weighted by Gasteiger charge is 2.54. The van der Waals surface area contributed by atoms with Gasteiger partial charge in [-0.15, -0.1) is 0 Å². The molecule has 0 aromatic heterocycles. The van der Waals surface area contributed by atoms with Gasteiger partial charge in [0.25, 0.3) is 0 Å². The van der Waals surface area contributed by atoms with Gasteiger partial charge in [0.05, 0.1) is 11.1 Å². The third kappa shape index (κ3) is 2.41. The van der Waals surface area contributed by atoms with Gasteiger partial charge in [-0.25, -0.2) is 4.79 Å². The number of carbonyl (C=O) groups excluding carboxylic acids is 1. The van der Waals surface area contributed by atoms with Crippen LogP contribution in [0.1, 0.15) is 40.9 Å². The SMILES string of the molecule is CCN(CC)c1ccc2c(c1)Oc1ccc3ccccc3c1[C@]21OC(=O)c2ccccc21. The number of hydrogen-bond donors (Lipinski definition) is 0. The molecule has 2 heterocycles. The standard InChI is InChI=1S/C28H23NO3/c1-3-29(4-2)19-14-15-23-25(17-19)31-24-16-13-18-9-5-6-10-20(18)26(24)28(23)22-12-8-7-11-21(22)27(30)32-28/h5-17H,3-4H2,1-2H3/t28-/m1/s1. The predicted octanol–water partition coefficient (Wildman–Crippen LogP) is 6.25. The first-order valence-corrected chi connectivity index (χ1v) is 11.1. The molecule has 0 saturated carbocycles. The highest BCUT2D eigenvalue weighted by molar-refractivity contribution is 6.00. The van der Waals surface area contributed by atoms with E-state index in [0.717, 1.165) is 57.7 Å². The zero-order chi connectivity index (χ0) is 21.9. The summed E-state index contributed by atoms with van der Waals surface area (Å²) in [7, 11) is 0. The van der Waals surface area contributed by atoms with Crippen molar-refractivity contribution >= 4 is 22.4 Å². The van der Waals surface area contributed by atoms with E-state index in [9.17, 15) is 4.79 Å². The zero-order valence-electron chi connectivity index (χ0n) is 18.1. The van der Waals surface area contributed by atoms with Crippen molar-refractivity contribution in [3.63, 3.8) is 0 Å². The van der Waals surface area contributed by atoms with Gasteiger partial charge in [-0.2, -0.15) is 0 Å². The molecule has 4 nitrogen and oxygen atoms in total. The summed E-state index contributed by atoms with van der Waals surface area (Å²) in [6.07, 6.45) is 0. The van der Waals surface area contributed by atoms with E-state index in [2.05, 4.69) is 55.1 Å². The molecular formula is C28H23NO3. The number of fused-ring (bicyclic) bond motifs is 8. The Morgan fingerprint density at radius 3 is 2.44 bits per heavy atom. The van der Waals surface area contributed by atoms with Crippen molar-refractivity contribution in [3.05, 3.63) is 101 Å². The van der Waals surface area contributed by atoms with E-state index in [1.807, 2.05) is 42.5 Å². The summed E-state index contributed by atoms with van der Waals surface area (Å²) in [5, 5.41) is 2.10. The van der Waals surface area contributed by atoms with Crippen molar-refractivity contribution in [2.75, 3.05) is 18.0 Å². The number of hydrogen-bond acceptors (Lipinski definition) is 4. The van der Waals surface area contributed by atoms with Crippen LogP contribution >= 0.6 is 0 Å². The van der Waals surface area contributed by atoms with Gasteiger partial charge in [-0.3, -0.25) is 0 Å². The molecule has 2 aliphatic rings. The van der Waals surface area contributed by atoms with Crippen molar-refractivity contribution in [1.29, 1.82) is 0 Å². The van der Waals surface area contributed by atoms with Crippen LogP contribution in [-0.4, -0.2) is 19.1 Å². The Morgan fingerprint density at radius 2 is 1.59 bits per heavy atom. The largest absolute Gasteiger partial charge is 0.456 e. The number of nitrogens with zero attached hydrogens (tertiary/aromatic N) is 1. The molecule has 4 heteroatoms. The summed E-state index contributed by atoms with van der Waals surface area (Å²) in [6, 6.07) is 26.1. The van der Waals surface area contributed by atoms with Crippen LogP contribution in [0.25, 0.3) is 10.8 Å². The molecule has 1 atom stereocenters. The van der Waals surface area contributed by atoms with Crippen molar-refractivity contribution in [2.45, 2.75) is 19.4 Å². The number of ether oxygens (including phenoxy) is 2. The van der Waals surface area contributed by atoms with Crippen LogP contribution in [0.3, 0.4) is 0 Å². The number of benzene rings is 4. The van der Waals surface area contributed by atoms with Crippen molar-refractivity contribution in [3.8, 4) is 11.5 Å². The molecule has 0 unspecified atom stereocenters. The van der Waals surface area contributed by atoms with Gasteiger partial charge in [0, 0.05) is 36.0 Å². The van der Waals surface area contributed by atoms with Crippen LogP contribution in [-0.2, 0) is 10.3 Å². The summed E-state index contributed by atoms with van der Waals surface area (Å²) in [5.41, 5.74) is 3.26. The van der Waals surface area contributed by atoms with E-state index < -0.39 is 5.60 Å². The molecule has 158 valence electrons. The quantitative estimate of drug-likeness (QED) is 0.366. The molecule has 0 fully saturated rings. The molecule has 4 aromatic rings. The number of rotatable bonds is 3. The molecule has 0 amide bonds. The van der Waals surface area contributed by atoms with E-state index >= 15 is 0 Å². The highest BCUT2D eigenvalue weighted by Crippen LogP contribution is 2.58. The summed E-state index contributed by atoms with van der Waals surface area (Å²) in [5.74, 6) is 1.14. The Hall–Kier alpha value is -3.79. The molecule has 32 heavy (non-hydrogen) atoms. The Bertz CT molecular complexity index is 1390. The molecule has 4 aromatic carbocycles. The first kappa shape index (κ1) is 18.9. The van der Waals surface area contributed by atoms with Gasteiger partial charge < -0.3 is 14.4 Å². The number of anilines is 1. The average molecular weight is 421 g/mol. The lowest BCUT2D eigenvalue weighted by Gasteiger charge is -2.38. The van der Waals surface area contributed by atoms with Gasteiger partial charge in [0.1, 0.15) is 11.5 Å². The number of esters is 1. The fraction of sp³-hybridized carbons (Fsp3) is 0.179. The lowest BCUT2D eigenvalue weighted by molar-refractivity contribution is 0.0229. The van der Waals surface area contributed by atoms with Gasteiger partial charge in [-0.05, 0) is 48.9 Å². The lowest BCUT2D eigenvalue weighted by atomic mass is 9.76. The van der Waals surface area contributed by atoms with Crippen LogP contribution in [0, 0.1) is 0 Å². The summed E-state index contributed by atoms with van der Waals surface area (Å²) in [6.45, 7) is 6.09. The summed E-state index contributed by atoms with van der Waals surface area (Å²) < 4.78 is 12.8. The zero-order valence-corrected chi connectivity index (χ0v) is 18.1. The first-order valence-electron chi connectivity index (χ1n) is 11.1. The third-order valence-electron chi connectivity index (χ3n) is 6.71. The molecule has 0 bridgehead atoms. The van der Waals surface area contributed by atoms with Crippen LogP contribution in [0.15, 0.2) is 78.9 Å². The van der Waals surface area contributed by atoms with E-state index in [1.165, 1.54) is 0 Å². The molecule has 0 radical (unpaired) electrons. The molecule has 6 rings (SSSR count). The smallest absolute Gasteiger partial charge is 0.340 e. The second kappa shape index (κ2) is 6.86. The van der Waals surface area contributed by atoms with Crippen molar-refractivity contribution in [1.82, 2.24) is 0 Å². The second-order valence-electron chi connectivity index (χ2n) is 8.23. The minimum atomic E-state index is -1.04. The first-order chi connectivity index (χ1) is 15.7. The highest BCUT2D eigenvalue weighted by atomic mass is 16.6. The average Bonchev–Trinajstić information content (AvgIpc) is 3.12. The number of carbonyl (C=O) groups is 1. The van der Waals surface area contributed by atoms with Crippen LogP contribution in [0.2, 0.25) is 0 Å². The maximum atomic E-state index is 13.1. The summed E-state index contributed by atoms with van der Waals surface area (Å²) in [4.78, 5) is 15.4. The van der Waals surface area contributed by atoms with Gasteiger partial charge in [0.2, 0.25) is 0 Å². The van der Waals surface area contributed by atoms with Crippen LogP contribution < -0.4 is 9.64 Å². The maximum absolute atomic E-state index is 13.1. The predicted molar refractivity (Wildman–Crippen MR) is 126 cm³/mol. The molecule has 0 saturated heterocycles. The molecular weight excluding hydrogens is 398 g/mol. The second-order valence-corrected chi connectivity index (χ2v) is 8.23. The van der Waals surface area contributed by atoms with Gasteiger partial charge in [0.15, 0.2) is 5.60 Å². The Labute approximate surface area is 187 Å². The van der Waals surface area contributed by atoms with Crippen LogP contribution in [0.5, 0.6) is 11.5 Å². The molecule has 0 N–H and O–H groups in total. The maximum Gasteiger partial charge on any atom is 0.340 e. The van der Waals surface area contributed by atoms with E-state index in [4.69, 9.17) is 9.47 Å². The fourth-order valence-electron chi connectivity index (χ4n) is 5.23. The van der Waals surface area contributed by atoms with Crippen molar-refractivity contribution in [2.24, 2.45) is 0 Å². The minimum absolute atomic E-state index is 0.305. The van der Waals surface area contributed by atoms with Crippen LogP contribution in [0.4, 0.5) is 5.69 Å². The topological polar surface area (TPSA) is 38.8 Å². The minimum Gasteiger partial charge on any atom is -0.456 e. The normalized spacial score (nSPS) is 18.0. The Kier molecular flexibility index (Phi) is 4.06. The lowest BCUT2D eigenvalue weighted by Crippen LogP contribution is -2.33. The van der Waals surface area contributed by atoms with Gasteiger partial charge in [-0.1, -0.05) is 48.5 Å². The third-order valence-corrected chi connectivity index (χ3v) is 6.71. The van der Waals surface area contributed by atoms with Crippen molar-refractivity contribution < 1.29 is 14.3 Å². The fourth-order valence-corrected chi connectivity index (χ4v) is 5.23. The van der Waals surface area contributed by atoms with E-state index in [0.29, 0.717) is 5.56 Å². The Balaban J connectivity index is 1.71. The van der Waals surface area contributed by atoms with Gasteiger partial charge >= 0.3 is 5.97 Å². The molecule has 1 spiro atoms. The monoisotopic (exact) mass is 421 g/mol. The van der Waals surface area contributed by atoms with E-state index in [-0.39, 0.29) is 5.97 Å².